The van der Waals surface area contributed by atoms with Gasteiger partial charge < -0.3 is 10.2 Å². The number of hydrogen-bond donors (Lipinski definition) is 1. The van der Waals surface area contributed by atoms with E-state index in [1.165, 1.54) is 0 Å². The summed E-state index contributed by atoms with van der Waals surface area (Å²) in [5, 5.41) is 0.833. The lowest BCUT2D eigenvalue weighted by Crippen LogP contribution is -2.23. The lowest BCUT2D eigenvalue weighted by molar-refractivity contribution is 0.464. The van der Waals surface area contributed by atoms with Gasteiger partial charge in [0.05, 0.1) is 5.25 Å². The van der Waals surface area contributed by atoms with Crippen LogP contribution in [0.25, 0.3) is 0 Å². The number of nitrogens with two attached hydrogens (primary N) is 1. The molecule has 0 aliphatic carbocycles. The largest absolute Gasteiger partial charge is 0.465 e. The zero-order valence-corrected chi connectivity index (χ0v) is 10.1. The van der Waals surface area contributed by atoms with Crippen LogP contribution in [0.3, 0.4) is 0 Å². The monoisotopic (exact) mass is 213 g/mol. The van der Waals surface area contributed by atoms with Crippen LogP contribution in [0.4, 0.5) is 0 Å². The predicted octanol–water partition coefficient (Wildman–Crippen LogP) is 3.12. The van der Waals surface area contributed by atoms with Crippen molar-refractivity contribution in [2.45, 2.75) is 44.2 Å². The molecule has 2 nitrogen and oxygen atoms in total. The van der Waals surface area contributed by atoms with Crippen LogP contribution in [0.2, 0.25) is 0 Å². The fraction of sp³-hybridized carbons (Fsp3) is 0.636. The maximum absolute atomic E-state index is 5.95. The topological polar surface area (TPSA) is 39.2 Å². The third-order valence-corrected chi connectivity index (χ3v) is 3.44. The Kier molecular flexibility index (Phi) is 4.08. The molecule has 14 heavy (non-hydrogen) atoms. The summed E-state index contributed by atoms with van der Waals surface area (Å²) in [6.45, 7) is 8.34. The minimum absolute atomic E-state index is 0.118. The number of aryl methyl sites for hydroxylation is 1. The van der Waals surface area contributed by atoms with E-state index >= 15 is 0 Å². The van der Waals surface area contributed by atoms with Gasteiger partial charge in [0.2, 0.25) is 0 Å². The van der Waals surface area contributed by atoms with Crippen LogP contribution < -0.4 is 5.73 Å². The molecular formula is C11H19NOS. The van der Waals surface area contributed by atoms with Crippen LogP contribution in [0.15, 0.2) is 16.5 Å². The van der Waals surface area contributed by atoms with E-state index in [0.29, 0.717) is 5.25 Å². The molecule has 1 rings (SSSR count). The van der Waals surface area contributed by atoms with E-state index in [2.05, 4.69) is 13.8 Å². The molecule has 0 amide bonds. The van der Waals surface area contributed by atoms with E-state index in [4.69, 9.17) is 10.2 Å². The van der Waals surface area contributed by atoms with E-state index in [-0.39, 0.29) is 11.3 Å². The Balaban J connectivity index is 2.77. The lowest BCUT2D eigenvalue weighted by Gasteiger charge is -2.20. The molecule has 1 aromatic heterocycles. The Morgan fingerprint density at radius 2 is 1.93 bits per heavy atom. The van der Waals surface area contributed by atoms with Crippen LogP contribution in [0.1, 0.15) is 37.5 Å². The predicted molar refractivity (Wildman–Crippen MR) is 62.6 cm³/mol. The molecule has 2 N–H and O–H groups in total. The van der Waals surface area contributed by atoms with Crippen LogP contribution in [0.5, 0.6) is 0 Å². The fourth-order valence-electron chi connectivity index (χ4n) is 1.35. The molecule has 0 saturated carbocycles. The Labute approximate surface area is 90.2 Å². The summed E-state index contributed by atoms with van der Waals surface area (Å²) >= 11 is 1.86. The van der Waals surface area contributed by atoms with Crippen molar-refractivity contribution in [2.75, 3.05) is 0 Å². The normalized spacial score (nSPS) is 15.9. The molecule has 0 aromatic carbocycles. The van der Waals surface area contributed by atoms with E-state index < -0.39 is 0 Å². The number of thioether (sulfide) groups is 1. The minimum atomic E-state index is 0.118. The van der Waals surface area contributed by atoms with E-state index in [0.717, 1.165) is 11.5 Å². The molecule has 1 aromatic rings. The summed E-state index contributed by atoms with van der Waals surface area (Å²) < 4.78 is 5.61. The summed E-state index contributed by atoms with van der Waals surface area (Å²) in [6.07, 6.45) is 0. The van der Waals surface area contributed by atoms with E-state index in [1.54, 1.807) is 0 Å². The molecule has 0 aliphatic rings. The maximum Gasteiger partial charge on any atom is 0.118 e. The first-order valence-corrected chi connectivity index (χ1v) is 5.92. The smallest absolute Gasteiger partial charge is 0.118 e. The first kappa shape index (κ1) is 11.7. The van der Waals surface area contributed by atoms with Crippen LogP contribution in [0, 0.1) is 6.92 Å². The Morgan fingerprint density at radius 3 is 2.29 bits per heavy atom. The van der Waals surface area contributed by atoms with Crippen molar-refractivity contribution in [2.24, 2.45) is 5.73 Å². The molecule has 0 bridgehead atoms. The van der Waals surface area contributed by atoms with Crippen LogP contribution >= 0.6 is 11.8 Å². The van der Waals surface area contributed by atoms with Crippen molar-refractivity contribution in [3.63, 3.8) is 0 Å². The summed E-state index contributed by atoms with van der Waals surface area (Å²) in [5.74, 6) is 1.95. The highest BCUT2D eigenvalue weighted by molar-refractivity contribution is 8.00. The zero-order valence-electron chi connectivity index (χ0n) is 9.28. The van der Waals surface area contributed by atoms with Gasteiger partial charge in [0, 0.05) is 6.04 Å². The molecule has 2 unspecified atom stereocenters. The summed E-state index contributed by atoms with van der Waals surface area (Å²) in [4.78, 5) is 0. The molecule has 0 saturated heterocycles. The average molecular weight is 213 g/mol. The Morgan fingerprint density at radius 1 is 1.29 bits per heavy atom. The van der Waals surface area contributed by atoms with Crippen molar-refractivity contribution in [1.29, 1.82) is 0 Å². The molecule has 0 radical (unpaired) electrons. The number of furan rings is 1. The van der Waals surface area contributed by atoms with Crippen molar-refractivity contribution in [3.05, 3.63) is 23.7 Å². The van der Waals surface area contributed by atoms with E-state index in [1.807, 2.05) is 37.7 Å². The summed E-state index contributed by atoms with van der Waals surface area (Å²) in [7, 11) is 0. The lowest BCUT2D eigenvalue weighted by atomic mass is 10.2. The van der Waals surface area contributed by atoms with Gasteiger partial charge >= 0.3 is 0 Å². The summed E-state index contributed by atoms with van der Waals surface area (Å²) in [6, 6.07) is 4.14. The first-order valence-electron chi connectivity index (χ1n) is 4.98. The maximum atomic E-state index is 5.95. The SMILES string of the molecule is Cc1ccc(C(SC(C)C)C(C)N)o1. The molecule has 0 aliphatic heterocycles. The van der Waals surface area contributed by atoms with Crippen molar-refractivity contribution >= 4 is 11.8 Å². The van der Waals surface area contributed by atoms with Crippen molar-refractivity contribution in [3.8, 4) is 0 Å². The average Bonchev–Trinajstić information content (AvgIpc) is 2.46. The molecule has 0 fully saturated rings. The van der Waals surface area contributed by atoms with Gasteiger partial charge in [-0.3, -0.25) is 0 Å². The Bertz CT molecular complexity index is 281. The second-order valence-electron chi connectivity index (χ2n) is 3.91. The highest BCUT2D eigenvalue weighted by Gasteiger charge is 2.21. The first-order chi connectivity index (χ1) is 6.50. The van der Waals surface area contributed by atoms with Crippen LogP contribution in [-0.4, -0.2) is 11.3 Å². The molecular weight excluding hydrogens is 194 g/mol. The minimum Gasteiger partial charge on any atom is -0.465 e. The summed E-state index contributed by atoms with van der Waals surface area (Å²) in [5.41, 5.74) is 5.95. The van der Waals surface area contributed by atoms with Gasteiger partial charge in [-0.25, -0.2) is 0 Å². The third-order valence-electron chi connectivity index (χ3n) is 1.94. The van der Waals surface area contributed by atoms with Gasteiger partial charge in [-0.05, 0) is 31.2 Å². The number of hydrogen-bond acceptors (Lipinski definition) is 3. The van der Waals surface area contributed by atoms with Gasteiger partial charge in [0.25, 0.3) is 0 Å². The Hall–Kier alpha value is -0.410. The molecule has 2 atom stereocenters. The van der Waals surface area contributed by atoms with Gasteiger partial charge in [0.15, 0.2) is 0 Å². The quantitative estimate of drug-likeness (QED) is 0.835. The van der Waals surface area contributed by atoms with Gasteiger partial charge in [-0.15, -0.1) is 11.8 Å². The second-order valence-corrected chi connectivity index (χ2v) is 5.64. The fourth-order valence-corrected chi connectivity index (χ4v) is 2.44. The molecule has 3 heteroatoms. The third kappa shape index (κ3) is 3.07. The molecule has 1 heterocycles. The number of rotatable bonds is 4. The van der Waals surface area contributed by atoms with Gasteiger partial charge in [-0.2, -0.15) is 0 Å². The highest BCUT2D eigenvalue weighted by Crippen LogP contribution is 2.35. The van der Waals surface area contributed by atoms with Crippen molar-refractivity contribution in [1.82, 2.24) is 0 Å². The van der Waals surface area contributed by atoms with Gasteiger partial charge in [0.1, 0.15) is 11.5 Å². The second kappa shape index (κ2) is 4.89. The highest BCUT2D eigenvalue weighted by atomic mass is 32.2. The van der Waals surface area contributed by atoms with Gasteiger partial charge in [-0.1, -0.05) is 13.8 Å². The zero-order chi connectivity index (χ0) is 10.7. The molecule has 80 valence electrons. The standard InChI is InChI=1S/C11H19NOS/c1-7(2)14-11(9(4)12)10-6-5-8(3)13-10/h5-7,9,11H,12H2,1-4H3. The van der Waals surface area contributed by atoms with Crippen molar-refractivity contribution < 1.29 is 4.42 Å². The molecule has 0 spiro atoms. The van der Waals surface area contributed by atoms with Crippen LogP contribution in [-0.2, 0) is 0 Å². The van der Waals surface area contributed by atoms with E-state index in [9.17, 15) is 0 Å².